The Hall–Kier alpha value is 0.168. The van der Waals surface area contributed by atoms with Crippen LogP contribution in [0.2, 0.25) is 0 Å². The SMILES string of the molecule is COS(=O)(=O)[O-].COS(=O)(=O)[O-].COS(=O)(=O)[O-].COS(=O)(=O)[O-].[Pt+4]. The second-order valence-corrected chi connectivity index (χ2v) is 6.90. The van der Waals surface area contributed by atoms with Gasteiger partial charge in [0, 0.05) is 0 Å². The summed E-state index contributed by atoms with van der Waals surface area (Å²) in [7, 11) is -14.4. The van der Waals surface area contributed by atoms with Crippen LogP contribution in [-0.4, -0.2) is 80.3 Å². The fourth-order valence-electron chi connectivity index (χ4n) is 0. The van der Waals surface area contributed by atoms with Gasteiger partial charge in [0.25, 0.3) is 0 Å². The Kier molecular flexibility index (Phi) is 23.6. The average Bonchev–Trinajstić information content (AvgIpc) is 2.37. The summed E-state index contributed by atoms with van der Waals surface area (Å²) in [6.45, 7) is 0. The first-order chi connectivity index (χ1) is 10.2. The van der Waals surface area contributed by atoms with Crippen molar-refractivity contribution in [2.24, 2.45) is 0 Å². The molecular weight excluding hydrogens is 627 g/mol. The molecule has 21 heteroatoms. The Balaban J connectivity index is -0.0000000702. The van der Waals surface area contributed by atoms with Crippen LogP contribution < -0.4 is 0 Å². The van der Waals surface area contributed by atoms with E-state index in [0.29, 0.717) is 0 Å². The van der Waals surface area contributed by atoms with Crippen LogP contribution in [0.5, 0.6) is 0 Å². The number of rotatable bonds is 4. The first-order valence-electron chi connectivity index (χ1n) is 4.30. The topological polar surface area (TPSA) is 266 Å². The second kappa shape index (κ2) is 16.3. The van der Waals surface area contributed by atoms with Crippen molar-refractivity contribution < 1.29 is 89.7 Å². The van der Waals surface area contributed by atoms with Crippen LogP contribution in [0.15, 0.2) is 0 Å². The molecule has 0 atom stereocenters. The van der Waals surface area contributed by atoms with Crippen molar-refractivity contribution in [2.45, 2.75) is 0 Å². The van der Waals surface area contributed by atoms with Gasteiger partial charge in [-0.1, -0.05) is 0 Å². The smallest absolute Gasteiger partial charge is 0.726 e. The molecule has 0 unspecified atom stereocenters. The van der Waals surface area contributed by atoms with E-state index in [2.05, 4.69) is 16.7 Å². The van der Waals surface area contributed by atoms with Crippen LogP contribution in [0.4, 0.5) is 0 Å². The molecule has 0 radical (unpaired) electrons. The van der Waals surface area contributed by atoms with E-state index in [1.807, 2.05) is 0 Å². The normalized spacial score (nSPS) is 11.2. The molecule has 0 amide bonds. The molecule has 0 bridgehead atoms. The van der Waals surface area contributed by atoms with Gasteiger partial charge in [-0.05, 0) is 0 Å². The molecule has 25 heavy (non-hydrogen) atoms. The molecule has 16 nitrogen and oxygen atoms in total. The predicted octanol–water partition coefficient (Wildman–Crippen LogP) is -3.63. The zero-order valence-electron chi connectivity index (χ0n) is 12.5. The van der Waals surface area contributed by atoms with E-state index in [1.165, 1.54) is 0 Å². The van der Waals surface area contributed by atoms with Crippen molar-refractivity contribution >= 4 is 41.6 Å². The van der Waals surface area contributed by atoms with Gasteiger partial charge in [-0.15, -0.1) is 0 Å². The van der Waals surface area contributed by atoms with Crippen molar-refractivity contribution in [1.82, 2.24) is 0 Å². The van der Waals surface area contributed by atoms with E-state index in [-0.39, 0.29) is 21.1 Å². The Bertz CT molecular complexity index is 572. The van der Waals surface area contributed by atoms with Crippen LogP contribution in [0.3, 0.4) is 0 Å². The van der Waals surface area contributed by atoms with Crippen molar-refractivity contribution in [2.75, 3.05) is 28.4 Å². The van der Waals surface area contributed by atoms with E-state index >= 15 is 0 Å². The summed E-state index contributed by atoms with van der Waals surface area (Å²) in [6, 6.07) is 0. The minimum absolute atomic E-state index is 0. The van der Waals surface area contributed by atoms with Crippen molar-refractivity contribution in [3.05, 3.63) is 0 Å². The standard InChI is InChI=1S/4CH4O4S.Pt/c4*1-5-6(2,3)4;/h4*1H3,(H,2,3,4);/q;;;;+4/p-4. The van der Waals surface area contributed by atoms with Gasteiger partial charge in [0.15, 0.2) is 0 Å². The van der Waals surface area contributed by atoms with Gasteiger partial charge in [0.2, 0.25) is 41.6 Å². The van der Waals surface area contributed by atoms with Crippen LogP contribution >= 0.6 is 0 Å². The zero-order chi connectivity index (χ0) is 20.8. The molecule has 0 N–H and O–H groups in total. The second-order valence-electron chi connectivity index (χ2n) is 2.30. The minimum atomic E-state index is -4.41. The first kappa shape index (κ1) is 36.1. The van der Waals surface area contributed by atoms with Crippen molar-refractivity contribution in [1.29, 1.82) is 0 Å². The largest absolute Gasteiger partial charge is 4.00 e. The van der Waals surface area contributed by atoms with E-state index in [4.69, 9.17) is 0 Å². The minimum Gasteiger partial charge on any atom is -0.726 e. The van der Waals surface area contributed by atoms with Crippen LogP contribution in [0, 0.1) is 0 Å². The van der Waals surface area contributed by atoms with E-state index in [0.717, 1.165) is 28.4 Å². The van der Waals surface area contributed by atoms with E-state index in [9.17, 15) is 51.9 Å². The molecule has 0 fully saturated rings. The van der Waals surface area contributed by atoms with Crippen LogP contribution in [-0.2, 0) is 79.4 Å². The molecule has 0 aliphatic rings. The third-order valence-corrected chi connectivity index (χ3v) is 2.45. The molecule has 0 aromatic carbocycles. The van der Waals surface area contributed by atoms with Gasteiger partial charge in [-0.2, -0.15) is 0 Å². The third-order valence-electron chi connectivity index (χ3n) is 0.816. The summed E-state index contributed by atoms with van der Waals surface area (Å²) in [5.74, 6) is 0. The Labute approximate surface area is 159 Å². The van der Waals surface area contributed by atoms with Gasteiger partial charge in [-0.3, -0.25) is 16.7 Å². The van der Waals surface area contributed by atoms with Gasteiger partial charge < -0.3 is 18.2 Å². The fraction of sp³-hybridized carbons (Fsp3) is 1.00. The van der Waals surface area contributed by atoms with Crippen molar-refractivity contribution in [3.63, 3.8) is 0 Å². The fourth-order valence-corrected chi connectivity index (χ4v) is 0. The molecular formula is C4H12O16PtS4. The Morgan fingerprint density at radius 1 is 0.440 bits per heavy atom. The zero-order valence-corrected chi connectivity index (χ0v) is 18.0. The molecule has 0 aromatic rings. The maximum absolute atomic E-state index is 9.22. The molecule has 0 aliphatic carbocycles. The predicted molar refractivity (Wildman–Crippen MR) is 66.8 cm³/mol. The monoisotopic (exact) mass is 639 g/mol. The maximum Gasteiger partial charge on any atom is 4.00 e. The van der Waals surface area contributed by atoms with Gasteiger partial charge in [0.05, 0.1) is 28.4 Å². The Morgan fingerprint density at radius 2 is 0.480 bits per heavy atom. The van der Waals surface area contributed by atoms with Crippen molar-refractivity contribution in [3.8, 4) is 0 Å². The molecule has 0 saturated carbocycles. The number of hydrogen-bond donors (Lipinski definition) is 0. The number of hydrogen-bond acceptors (Lipinski definition) is 16. The molecule has 0 spiro atoms. The molecule has 0 aromatic heterocycles. The average molecular weight is 639 g/mol. The quantitative estimate of drug-likeness (QED) is 0.212. The third kappa shape index (κ3) is 80.2. The maximum atomic E-state index is 9.22. The summed E-state index contributed by atoms with van der Waals surface area (Å²) in [5, 5.41) is 0. The summed E-state index contributed by atoms with van der Waals surface area (Å²) in [4.78, 5) is 0. The van der Waals surface area contributed by atoms with Crippen LogP contribution in [0.1, 0.15) is 0 Å². The summed E-state index contributed by atoms with van der Waals surface area (Å²) in [5.41, 5.74) is 0. The molecule has 0 rings (SSSR count). The first-order valence-corrected chi connectivity index (χ1v) is 9.63. The van der Waals surface area contributed by atoms with E-state index in [1.54, 1.807) is 0 Å². The summed E-state index contributed by atoms with van der Waals surface area (Å²) < 4.78 is 124. The molecule has 158 valence electrons. The van der Waals surface area contributed by atoms with Gasteiger partial charge in [-0.25, -0.2) is 33.7 Å². The molecule has 0 heterocycles. The van der Waals surface area contributed by atoms with E-state index < -0.39 is 41.6 Å². The van der Waals surface area contributed by atoms with Gasteiger partial charge in [0.1, 0.15) is 0 Å². The summed E-state index contributed by atoms with van der Waals surface area (Å²) >= 11 is 0. The molecule has 0 saturated heterocycles. The molecule has 0 aliphatic heterocycles. The van der Waals surface area contributed by atoms with Gasteiger partial charge >= 0.3 is 21.1 Å². The van der Waals surface area contributed by atoms with Crippen LogP contribution in [0.25, 0.3) is 0 Å². The Morgan fingerprint density at radius 3 is 0.480 bits per heavy atom. The summed E-state index contributed by atoms with van der Waals surface area (Å²) in [6.07, 6.45) is 0.